The Bertz CT molecular complexity index is 963. The van der Waals surface area contributed by atoms with Gasteiger partial charge in [0.1, 0.15) is 11.6 Å². The van der Waals surface area contributed by atoms with Gasteiger partial charge < -0.3 is 14.6 Å². The molecule has 3 rings (SSSR count). The molecule has 1 aliphatic heterocycles. The number of hydrogen-bond donors (Lipinski definition) is 1. The number of ether oxygens (including phenoxy) is 1. The van der Waals surface area contributed by atoms with Gasteiger partial charge in [-0.3, -0.25) is 4.79 Å². The maximum atomic E-state index is 12.4. The van der Waals surface area contributed by atoms with Crippen LogP contribution in [0.1, 0.15) is 35.4 Å². The maximum absolute atomic E-state index is 12.4. The second-order valence-electron chi connectivity index (χ2n) is 7.06. The van der Waals surface area contributed by atoms with Crippen LogP contribution in [0.5, 0.6) is 0 Å². The molecule has 2 heterocycles. The first-order valence-corrected chi connectivity index (χ1v) is 9.76. The summed E-state index contributed by atoms with van der Waals surface area (Å²) in [6.07, 6.45) is 3.63. The largest absolute Gasteiger partial charge is 0.376 e. The van der Waals surface area contributed by atoms with Crippen molar-refractivity contribution in [3.05, 3.63) is 57.4 Å². The van der Waals surface area contributed by atoms with Gasteiger partial charge in [-0.05, 0) is 69.0 Å². The van der Waals surface area contributed by atoms with Crippen molar-refractivity contribution in [2.24, 2.45) is 0 Å². The Morgan fingerprint density at radius 2 is 2.21 bits per heavy atom. The lowest BCUT2D eigenvalue weighted by molar-refractivity contribution is -0.117. The van der Waals surface area contributed by atoms with E-state index in [-0.39, 0.29) is 17.6 Å². The van der Waals surface area contributed by atoms with Crippen LogP contribution in [0, 0.1) is 32.1 Å². The zero-order chi connectivity index (χ0) is 20.3. The Balaban J connectivity index is 1.87. The predicted octanol–water partition coefficient (Wildman–Crippen LogP) is 4.26. The molecule has 1 atom stereocenters. The molecule has 1 aromatic heterocycles. The van der Waals surface area contributed by atoms with Crippen molar-refractivity contribution in [1.29, 1.82) is 5.26 Å². The highest BCUT2D eigenvalue weighted by molar-refractivity contribution is 6.31. The van der Waals surface area contributed by atoms with E-state index in [0.29, 0.717) is 11.6 Å². The number of halogens is 1. The molecule has 0 aliphatic carbocycles. The van der Waals surface area contributed by atoms with Gasteiger partial charge in [-0.1, -0.05) is 17.7 Å². The monoisotopic (exact) mass is 397 g/mol. The van der Waals surface area contributed by atoms with Crippen LogP contribution in [0.15, 0.2) is 29.8 Å². The zero-order valence-electron chi connectivity index (χ0n) is 16.4. The number of nitrogens with zero attached hydrogens (tertiary/aromatic N) is 2. The van der Waals surface area contributed by atoms with Crippen LogP contribution in [0.4, 0.5) is 0 Å². The number of benzene rings is 1. The second kappa shape index (κ2) is 8.64. The number of rotatable bonds is 5. The fraction of sp³-hybridized carbons (Fsp3) is 0.364. The van der Waals surface area contributed by atoms with Gasteiger partial charge >= 0.3 is 0 Å². The number of nitrogens with one attached hydrogen (secondary N) is 1. The minimum absolute atomic E-state index is 0.0414. The van der Waals surface area contributed by atoms with Crippen LogP contribution >= 0.6 is 11.6 Å². The van der Waals surface area contributed by atoms with Crippen LogP contribution in [0.25, 0.3) is 11.8 Å². The van der Waals surface area contributed by atoms with Crippen LogP contribution < -0.4 is 5.32 Å². The van der Waals surface area contributed by atoms with Crippen molar-refractivity contribution in [3.63, 3.8) is 0 Å². The summed E-state index contributed by atoms with van der Waals surface area (Å²) >= 11 is 6.28. The van der Waals surface area contributed by atoms with Crippen LogP contribution in [-0.2, 0) is 9.53 Å². The molecular weight excluding hydrogens is 374 g/mol. The number of nitriles is 1. The third kappa shape index (κ3) is 4.14. The fourth-order valence-electron chi connectivity index (χ4n) is 3.55. The van der Waals surface area contributed by atoms with Crippen molar-refractivity contribution in [1.82, 2.24) is 9.88 Å². The third-order valence-electron chi connectivity index (χ3n) is 5.13. The lowest BCUT2D eigenvalue weighted by atomic mass is 10.1. The number of aryl methyl sites for hydroxylation is 1. The average molecular weight is 398 g/mol. The molecule has 0 saturated carbocycles. The number of carbonyl (C=O) groups is 1. The van der Waals surface area contributed by atoms with Gasteiger partial charge in [0, 0.05) is 35.2 Å². The van der Waals surface area contributed by atoms with Gasteiger partial charge in [0.05, 0.1) is 6.10 Å². The highest BCUT2D eigenvalue weighted by Gasteiger charge is 2.19. The van der Waals surface area contributed by atoms with Crippen molar-refractivity contribution < 1.29 is 9.53 Å². The first kappa shape index (κ1) is 20.2. The highest BCUT2D eigenvalue weighted by Crippen LogP contribution is 2.28. The molecule has 2 aromatic rings. The van der Waals surface area contributed by atoms with Gasteiger partial charge in [-0.15, -0.1) is 0 Å². The second-order valence-corrected chi connectivity index (χ2v) is 7.47. The zero-order valence-corrected chi connectivity index (χ0v) is 17.1. The van der Waals surface area contributed by atoms with Crippen molar-refractivity contribution >= 4 is 23.6 Å². The van der Waals surface area contributed by atoms with E-state index in [0.717, 1.165) is 47.7 Å². The molecule has 0 unspecified atom stereocenters. The molecule has 146 valence electrons. The quantitative estimate of drug-likeness (QED) is 0.605. The minimum Gasteiger partial charge on any atom is -0.376 e. The predicted molar refractivity (Wildman–Crippen MR) is 111 cm³/mol. The molecule has 6 heteroatoms. The lowest BCUT2D eigenvalue weighted by Gasteiger charge is -2.13. The van der Waals surface area contributed by atoms with Gasteiger partial charge in [-0.2, -0.15) is 5.26 Å². The SMILES string of the molecule is Cc1c(Cl)cccc1-n1c(C)cc(/C=C(/C#N)C(=O)NC[C@@H]2CCCO2)c1C. The van der Waals surface area contributed by atoms with Gasteiger partial charge in [-0.25, -0.2) is 0 Å². The summed E-state index contributed by atoms with van der Waals surface area (Å²) in [6.45, 7) is 7.10. The van der Waals surface area contributed by atoms with E-state index in [1.807, 2.05) is 51.1 Å². The first-order valence-electron chi connectivity index (χ1n) is 9.38. The van der Waals surface area contributed by atoms with Crippen molar-refractivity contribution in [2.75, 3.05) is 13.2 Å². The van der Waals surface area contributed by atoms with E-state index in [1.165, 1.54) is 0 Å². The van der Waals surface area contributed by atoms with E-state index in [4.69, 9.17) is 16.3 Å². The summed E-state index contributed by atoms with van der Waals surface area (Å²) in [5.74, 6) is -0.373. The molecule has 1 saturated heterocycles. The Kier molecular flexibility index (Phi) is 6.23. The fourth-order valence-corrected chi connectivity index (χ4v) is 3.72. The number of hydrogen-bond acceptors (Lipinski definition) is 3. The van der Waals surface area contributed by atoms with E-state index in [1.54, 1.807) is 6.08 Å². The van der Waals surface area contributed by atoms with Crippen LogP contribution in [-0.4, -0.2) is 29.7 Å². The molecule has 1 N–H and O–H groups in total. The van der Waals surface area contributed by atoms with Gasteiger partial charge in [0.15, 0.2) is 0 Å². The topological polar surface area (TPSA) is 67.0 Å². The summed E-state index contributed by atoms with van der Waals surface area (Å²) < 4.78 is 7.60. The van der Waals surface area contributed by atoms with Crippen LogP contribution in [0.3, 0.4) is 0 Å². The average Bonchev–Trinajstić information content (AvgIpc) is 3.28. The van der Waals surface area contributed by atoms with Gasteiger partial charge in [0.25, 0.3) is 5.91 Å². The lowest BCUT2D eigenvalue weighted by Crippen LogP contribution is -2.32. The summed E-state index contributed by atoms with van der Waals surface area (Å²) in [4.78, 5) is 12.4. The van der Waals surface area contributed by atoms with Crippen molar-refractivity contribution in [3.8, 4) is 11.8 Å². The van der Waals surface area contributed by atoms with E-state index in [9.17, 15) is 10.1 Å². The Hall–Kier alpha value is -2.55. The minimum atomic E-state index is -0.373. The molecule has 1 aliphatic rings. The molecule has 5 nitrogen and oxygen atoms in total. The molecule has 0 radical (unpaired) electrons. The molecule has 1 aromatic carbocycles. The third-order valence-corrected chi connectivity index (χ3v) is 5.54. The molecule has 0 spiro atoms. The molecule has 1 amide bonds. The smallest absolute Gasteiger partial charge is 0.262 e. The Morgan fingerprint density at radius 3 is 2.89 bits per heavy atom. The van der Waals surface area contributed by atoms with Gasteiger partial charge in [0.2, 0.25) is 0 Å². The molecule has 1 fully saturated rings. The molecule has 28 heavy (non-hydrogen) atoms. The Labute approximate surface area is 170 Å². The van der Waals surface area contributed by atoms with E-state index in [2.05, 4.69) is 9.88 Å². The van der Waals surface area contributed by atoms with E-state index >= 15 is 0 Å². The summed E-state index contributed by atoms with van der Waals surface area (Å²) in [5.41, 5.74) is 4.84. The molecular formula is C22H24ClN3O2. The summed E-state index contributed by atoms with van der Waals surface area (Å²) in [7, 11) is 0. The number of aromatic nitrogens is 1. The summed E-state index contributed by atoms with van der Waals surface area (Å²) in [5, 5.41) is 13.0. The maximum Gasteiger partial charge on any atom is 0.262 e. The van der Waals surface area contributed by atoms with E-state index < -0.39 is 0 Å². The van der Waals surface area contributed by atoms with Crippen LogP contribution in [0.2, 0.25) is 5.02 Å². The normalized spacial score (nSPS) is 16.8. The standard InChI is InChI=1S/C22H24ClN3O2/c1-14-10-17(16(3)26(14)21-8-4-7-20(23)15(21)2)11-18(12-24)22(27)25-13-19-6-5-9-28-19/h4,7-8,10-11,19H,5-6,9,13H2,1-3H3,(H,25,27)/b18-11-/t19-/m0/s1. The first-order chi connectivity index (χ1) is 13.4. The summed E-state index contributed by atoms with van der Waals surface area (Å²) in [6, 6.07) is 9.78. The number of carbonyl (C=O) groups excluding carboxylic acids is 1. The van der Waals surface area contributed by atoms with Crippen molar-refractivity contribution in [2.45, 2.75) is 39.7 Å². The highest BCUT2D eigenvalue weighted by atomic mass is 35.5. The number of amides is 1. The Morgan fingerprint density at radius 1 is 1.43 bits per heavy atom. The molecule has 0 bridgehead atoms.